The third-order valence-electron chi connectivity index (χ3n) is 4.26. The van der Waals surface area contributed by atoms with Gasteiger partial charge in [0.25, 0.3) is 11.1 Å². The number of nitrogens with one attached hydrogen (secondary N) is 1. The summed E-state index contributed by atoms with van der Waals surface area (Å²) in [5.74, 6) is 0.0593. The van der Waals surface area contributed by atoms with Crippen LogP contribution in [0.3, 0.4) is 0 Å². The van der Waals surface area contributed by atoms with E-state index in [1.807, 2.05) is 18.2 Å². The fourth-order valence-corrected chi connectivity index (χ4v) is 3.78. The van der Waals surface area contributed by atoms with Gasteiger partial charge in [0, 0.05) is 22.3 Å². The highest BCUT2D eigenvalue weighted by Crippen LogP contribution is 2.33. The molecule has 6 nitrogen and oxygen atoms in total. The Bertz CT molecular complexity index is 1140. The molecule has 4 rings (SSSR count). The standard InChI is InChI=1S/C22H15ClN2O4S/c23-15-8-6-14(7-9-15)18-11-10-17(29-18)12-19-21(27)25(22(28)30-19)13-20(26)24-16-4-2-1-3-5-16/h1-12H,13H2,(H,24,26)/b19-12+. The van der Waals surface area contributed by atoms with Crippen molar-refractivity contribution < 1.29 is 18.8 Å². The van der Waals surface area contributed by atoms with Crippen LogP contribution in [0.1, 0.15) is 5.76 Å². The van der Waals surface area contributed by atoms with Crippen LogP contribution < -0.4 is 5.32 Å². The number of halogens is 1. The number of amides is 3. The summed E-state index contributed by atoms with van der Waals surface area (Å²) in [5.41, 5.74) is 1.43. The smallest absolute Gasteiger partial charge is 0.294 e. The number of anilines is 1. The normalized spacial score (nSPS) is 15.1. The number of hydrogen-bond donors (Lipinski definition) is 1. The van der Waals surface area contributed by atoms with Crippen molar-refractivity contribution in [2.24, 2.45) is 0 Å². The maximum absolute atomic E-state index is 12.6. The maximum Gasteiger partial charge on any atom is 0.294 e. The number of carbonyl (C=O) groups is 3. The van der Waals surface area contributed by atoms with Gasteiger partial charge in [-0.15, -0.1) is 0 Å². The van der Waals surface area contributed by atoms with Crippen molar-refractivity contribution in [1.29, 1.82) is 0 Å². The Morgan fingerprint density at radius 1 is 1.03 bits per heavy atom. The van der Waals surface area contributed by atoms with Gasteiger partial charge in [0.1, 0.15) is 18.1 Å². The SMILES string of the molecule is O=C(CN1C(=O)S/C(=C/c2ccc(-c3ccc(Cl)cc3)o2)C1=O)Nc1ccccc1. The van der Waals surface area contributed by atoms with Gasteiger partial charge in [0.15, 0.2) is 0 Å². The van der Waals surface area contributed by atoms with Crippen LogP contribution in [-0.4, -0.2) is 28.5 Å². The van der Waals surface area contributed by atoms with Gasteiger partial charge < -0.3 is 9.73 Å². The second-order valence-corrected chi connectivity index (χ2v) is 7.82. The van der Waals surface area contributed by atoms with Crippen LogP contribution in [-0.2, 0) is 9.59 Å². The zero-order valence-electron chi connectivity index (χ0n) is 15.5. The number of benzene rings is 2. The lowest BCUT2D eigenvalue weighted by Gasteiger charge is -2.12. The van der Waals surface area contributed by atoms with Gasteiger partial charge in [-0.25, -0.2) is 0 Å². The lowest BCUT2D eigenvalue weighted by Crippen LogP contribution is -2.36. The summed E-state index contributed by atoms with van der Waals surface area (Å²) in [6, 6.07) is 19.5. The van der Waals surface area contributed by atoms with E-state index in [1.54, 1.807) is 48.5 Å². The number of nitrogens with zero attached hydrogens (tertiary/aromatic N) is 1. The molecule has 0 aliphatic carbocycles. The average Bonchev–Trinajstić information content (AvgIpc) is 3.30. The molecule has 1 N–H and O–H groups in total. The van der Waals surface area contributed by atoms with Gasteiger partial charge in [-0.05, 0) is 60.3 Å². The van der Waals surface area contributed by atoms with Gasteiger partial charge in [-0.3, -0.25) is 19.3 Å². The number of para-hydroxylation sites is 1. The fraction of sp³-hybridized carbons (Fsp3) is 0.0455. The number of imide groups is 1. The lowest BCUT2D eigenvalue weighted by molar-refractivity contribution is -0.127. The van der Waals surface area contributed by atoms with Crippen molar-refractivity contribution in [3.8, 4) is 11.3 Å². The van der Waals surface area contributed by atoms with Gasteiger partial charge in [0.2, 0.25) is 5.91 Å². The molecule has 2 aromatic carbocycles. The first-order valence-electron chi connectivity index (χ1n) is 8.95. The van der Waals surface area contributed by atoms with E-state index in [0.29, 0.717) is 22.2 Å². The second kappa shape index (κ2) is 8.61. The van der Waals surface area contributed by atoms with Gasteiger partial charge in [0.05, 0.1) is 4.91 Å². The van der Waals surface area contributed by atoms with E-state index in [-0.39, 0.29) is 11.4 Å². The van der Waals surface area contributed by atoms with Gasteiger partial charge in [-0.1, -0.05) is 29.8 Å². The van der Waals surface area contributed by atoms with Crippen molar-refractivity contribution in [1.82, 2.24) is 4.90 Å². The number of thioether (sulfide) groups is 1. The molecule has 1 aliphatic rings. The van der Waals surface area contributed by atoms with E-state index in [1.165, 1.54) is 6.08 Å². The summed E-state index contributed by atoms with van der Waals surface area (Å²) in [4.78, 5) is 38.1. The predicted octanol–water partition coefficient (Wildman–Crippen LogP) is 5.28. The van der Waals surface area contributed by atoms with Crippen molar-refractivity contribution >= 4 is 52.2 Å². The second-order valence-electron chi connectivity index (χ2n) is 6.39. The van der Waals surface area contributed by atoms with Crippen LogP contribution in [0, 0.1) is 0 Å². The van der Waals surface area contributed by atoms with Crippen molar-refractivity contribution in [2.45, 2.75) is 0 Å². The topological polar surface area (TPSA) is 79.6 Å². The highest BCUT2D eigenvalue weighted by Gasteiger charge is 2.36. The summed E-state index contributed by atoms with van der Waals surface area (Å²) in [7, 11) is 0. The molecular weight excluding hydrogens is 424 g/mol. The summed E-state index contributed by atoms with van der Waals surface area (Å²) in [5, 5.41) is 2.78. The van der Waals surface area contributed by atoms with E-state index in [2.05, 4.69) is 5.32 Å². The highest BCUT2D eigenvalue weighted by molar-refractivity contribution is 8.18. The number of carbonyl (C=O) groups excluding carboxylic acids is 3. The monoisotopic (exact) mass is 438 g/mol. The minimum atomic E-state index is -0.530. The Morgan fingerprint density at radius 2 is 1.77 bits per heavy atom. The minimum absolute atomic E-state index is 0.199. The number of hydrogen-bond acceptors (Lipinski definition) is 5. The third kappa shape index (κ3) is 4.48. The minimum Gasteiger partial charge on any atom is -0.457 e. The van der Waals surface area contributed by atoms with E-state index < -0.39 is 17.1 Å². The molecule has 1 fully saturated rings. The van der Waals surface area contributed by atoms with Crippen LogP contribution in [0.5, 0.6) is 0 Å². The molecule has 30 heavy (non-hydrogen) atoms. The van der Waals surface area contributed by atoms with Crippen LogP contribution in [0.4, 0.5) is 10.5 Å². The molecule has 0 bridgehead atoms. The largest absolute Gasteiger partial charge is 0.457 e. The zero-order valence-corrected chi connectivity index (χ0v) is 17.1. The lowest BCUT2D eigenvalue weighted by atomic mass is 10.2. The predicted molar refractivity (Wildman–Crippen MR) is 117 cm³/mol. The molecule has 150 valence electrons. The first-order valence-corrected chi connectivity index (χ1v) is 10.1. The molecule has 0 atom stereocenters. The Morgan fingerprint density at radius 3 is 2.50 bits per heavy atom. The number of rotatable bonds is 5. The van der Waals surface area contributed by atoms with Crippen LogP contribution >= 0.6 is 23.4 Å². The quantitative estimate of drug-likeness (QED) is 0.548. The average molecular weight is 439 g/mol. The molecule has 0 spiro atoms. The molecule has 3 amide bonds. The number of furan rings is 1. The molecule has 3 aromatic rings. The molecule has 2 heterocycles. The Kier molecular flexibility index (Phi) is 5.74. The van der Waals surface area contributed by atoms with E-state index in [4.69, 9.17) is 16.0 Å². The Labute approximate surface area is 181 Å². The summed E-state index contributed by atoms with van der Waals surface area (Å²) < 4.78 is 5.76. The first-order chi connectivity index (χ1) is 14.5. The van der Waals surface area contributed by atoms with Crippen LogP contribution in [0.2, 0.25) is 5.02 Å². The van der Waals surface area contributed by atoms with E-state index in [0.717, 1.165) is 22.2 Å². The molecule has 0 saturated carbocycles. The molecule has 1 aliphatic heterocycles. The Balaban J connectivity index is 1.45. The molecule has 0 radical (unpaired) electrons. The molecule has 1 saturated heterocycles. The van der Waals surface area contributed by atoms with Crippen molar-refractivity contribution in [2.75, 3.05) is 11.9 Å². The van der Waals surface area contributed by atoms with Crippen molar-refractivity contribution in [3.63, 3.8) is 0 Å². The first kappa shape index (κ1) is 20.0. The summed E-state index contributed by atoms with van der Waals surface area (Å²) in [6.07, 6.45) is 1.50. The fourth-order valence-electron chi connectivity index (χ4n) is 2.83. The molecule has 1 aromatic heterocycles. The van der Waals surface area contributed by atoms with E-state index >= 15 is 0 Å². The molecular formula is C22H15ClN2O4S. The molecule has 0 unspecified atom stereocenters. The van der Waals surface area contributed by atoms with Gasteiger partial charge in [-0.2, -0.15) is 0 Å². The Hall–Kier alpha value is -3.29. The highest BCUT2D eigenvalue weighted by atomic mass is 35.5. The van der Waals surface area contributed by atoms with E-state index in [9.17, 15) is 14.4 Å². The summed E-state index contributed by atoms with van der Waals surface area (Å²) in [6.45, 7) is -0.356. The molecule has 8 heteroatoms. The van der Waals surface area contributed by atoms with Crippen molar-refractivity contribution in [3.05, 3.63) is 82.4 Å². The third-order valence-corrected chi connectivity index (χ3v) is 5.42. The van der Waals surface area contributed by atoms with Crippen LogP contribution in [0.15, 0.2) is 76.1 Å². The maximum atomic E-state index is 12.6. The summed E-state index contributed by atoms with van der Waals surface area (Å²) >= 11 is 6.67. The zero-order chi connectivity index (χ0) is 21.1. The van der Waals surface area contributed by atoms with Gasteiger partial charge >= 0.3 is 0 Å². The van der Waals surface area contributed by atoms with Crippen LogP contribution in [0.25, 0.3) is 17.4 Å².